The minimum absolute atomic E-state index is 0.145. The maximum atomic E-state index is 6.07. The molecular weight excluding hydrogens is 262 g/mol. The van der Waals surface area contributed by atoms with Gasteiger partial charge in [-0.15, -0.1) is 0 Å². The van der Waals surface area contributed by atoms with Crippen LogP contribution in [0.15, 0.2) is 18.2 Å². The van der Waals surface area contributed by atoms with Crippen molar-refractivity contribution in [3.05, 3.63) is 28.8 Å². The van der Waals surface area contributed by atoms with Gasteiger partial charge in [-0.2, -0.15) is 0 Å². The molecule has 0 aromatic heterocycles. The molecule has 0 amide bonds. The van der Waals surface area contributed by atoms with Crippen LogP contribution in [-0.4, -0.2) is 26.9 Å². The van der Waals surface area contributed by atoms with Gasteiger partial charge in [-0.1, -0.05) is 31.0 Å². The molecule has 0 fully saturated rings. The van der Waals surface area contributed by atoms with E-state index in [2.05, 4.69) is 12.2 Å². The lowest BCUT2D eigenvalue weighted by Crippen LogP contribution is -2.31. The maximum Gasteiger partial charge on any atom is 0.137 e. The van der Waals surface area contributed by atoms with E-state index in [4.69, 9.17) is 21.1 Å². The summed E-state index contributed by atoms with van der Waals surface area (Å²) in [6.07, 6.45) is 2.27. The van der Waals surface area contributed by atoms with Gasteiger partial charge < -0.3 is 14.8 Å². The second kappa shape index (κ2) is 8.41. The summed E-state index contributed by atoms with van der Waals surface area (Å²) in [5.41, 5.74) is 1.13. The number of nitrogens with one attached hydrogen (secondary N) is 1. The van der Waals surface area contributed by atoms with Gasteiger partial charge >= 0.3 is 0 Å². The van der Waals surface area contributed by atoms with Crippen LogP contribution in [-0.2, 0) is 4.74 Å². The Labute approximate surface area is 121 Å². The van der Waals surface area contributed by atoms with Crippen LogP contribution in [0, 0.1) is 0 Å². The Bertz CT molecular complexity index is 378. The fraction of sp³-hybridized carbons (Fsp3) is 0.600. The summed E-state index contributed by atoms with van der Waals surface area (Å²) >= 11 is 6.07. The molecule has 1 aromatic carbocycles. The van der Waals surface area contributed by atoms with Crippen LogP contribution in [0.3, 0.4) is 0 Å². The summed E-state index contributed by atoms with van der Waals surface area (Å²) in [6.45, 7) is 4.91. The minimum Gasteiger partial charge on any atom is -0.495 e. The first-order chi connectivity index (χ1) is 9.17. The first-order valence-corrected chi connectivity index (χ1v) is 7.17. The Kier molecular flexibility index (Phi) is 7.21. The van der Waals surface area contributed by atoms with E-state index in [1.54, 1.807) is 7.11 Å². The van der Waals surface area contributed by atoms with Crippen LogP contribution in [0.2, 0.25) is 5.02 Å². The number of benzene rings is 1. The summed E-state index contributed by atoms with van der Waals surface area (Å²) < 4.78 is 11.1. The van der Waals surface area contributed by atoms with Crippen molar-refractivity contribution >= 4 is 11.6 Å². The van der Waals surface area contributed by atoms with Crippen LogP contribution in [0.5, 0.6) is 5.75 Å². The lowest BCUT2D eigenvalue weighted by Gasteiger charge is -2.27. The summed E-state index contributed by atoms with van der Waals surface area (Å²) in [6, 6.07) is 6.01. The fourth-order valence-corrected chi connectivity index (χ4v) is 2.48. The second-order valence-electron chi connectivity index (χ2n) is 4.44. The van der Waals surface area contributed by atoms with Crippen molar-refractivity contribution in [2.75, 3.05) is 20.8 Å². The van der Waals surface area contributed by atoms with E-state index in [-0.39, 0.29) is 12.1 Å². The number of hydrogen-bond donors (Lipinski definition) is 1. The lowest BCUT2D eigenvalue weighted by molar-refractivity contribution is 0.0295. The average molecular weight is 286 g/mol. The van der Waals surface area contributed by atoms with Crippen LogP contribution < -0.4 is 10.1 Å². The molecule has 19 heavy (non-hydrogen) atoms. The van der Waals surface area contributed by atoms with Gasteiger partial charge in [0.05, 0.1) is 24.3 Å². The third kappa shape index (κ3) is 4.37. The molecule has 0 bridgehead atoms. The Morgan fingerprint density at radius 1 is 1.32 bits per heavy atom. The van der Waals surface area contributed by atoms with Crippen molar-refractivity contribution in [1.82, 2.24) is 5.32 Å². The Morgan fingerprint density at radius 2 is 2.05 bits per heavy atom. The SMILES string of the molecule is CCCC(OCC)C(NC)c1ccc(Cl)c(OC)c1. The van der Waals surface area contributed by atoms with E-state index >= 15 is 0 Å². The van der Waals surface area contributed by atoms with Crippen molar-refractivity contribution in [3.63, 3.8) is 0 Å². The third-order valence-electron chi connectivity index (χ3n) is 3.17. The van der Waals surface area contributed by atoms with Crippen molar-refractivity contribution in [2.45, 2.75) is 38.8 Å². The van der Waals surface area contributed by atoms with E-state index in [0.717, 1.165) is 18.4 Å². The van der Waals surface area contributed by atoms with Crippen LogP contribution in [0.25, 0.3) is 0 Å². The summed E-state index contributed by atoms with van der Waals surface area (Å²) in [5, 5.41) is 3.96. The van der Waals surface area contributed by atoms with Crippen LogP contribution in [0.4, 0.5) is 0 Å². The average Bonchev–Trinajstić information content (AvgIpc) is 2.42. The summed E-state index contributed by atoms with van der Waals surface area (Å²) in [5.74, 6) is 0.700. The molecule has 0 heterocycles. The van der Waals surface area contributed by atoms with Crippen molar-refractivity contribution in [3.8, 4) is 5.75 Å². The Morgan fingerprint density at radius 3 is 2.58 bits per heavy atom. The van der Waals surface area contributed by atoms with Gasteiger partial charge in [0.1, 0.15) is 5.75 Å². The van der Waals surface area contributed by atoms with Gasteiger partial charge in [0, 0.05) is 6.61 Å². The molecule has 1 aromatic rings. The molecule has 4 heteroatoms. The molecule has 0 aliphatic rings. The van der Waals surface area contributed by atoms with E-state index in [0.29, 0.717) is 17.4 Å². The Hall–Kier alpha value is -0.770. The van der Waals surface area contributed by atoms with E-state index in [1.165, 1.54) is 0 Å². The molecule has 0 aliphatic heterocycles. The highest BCUT2D eigenvalue weighted by atomic mass is 35.5. The molecule has 0 radical (unpaired) electrons. The minimum atomic E-state index is 0.145. The fourth-order valence-electron chi connectivity index (χ4n) is 2.28. The van der Waals surface area contributed by atoms with Gasteiger partial charge in [0.15, 0.2) is 0 Å². The summed E-state index contributed by atoms with van der Waals surface area (Å²) in [4.78, 5) is 0. The molecule has 0 saturated carbocycles. The third-order valence-corrected chi connectivity index (χ3v) is 3.48. The van der Waals surface area contributed by atoms with Crippen LogP contribution in [0.1, 0.15) is 38.3 Å². The molecule has 2 atom stereocenters. The molecule has 108 valence electrons. The highest BCUT2D eigenvalue weighted by Crippen LogP contribution is 2.30. The van der Waals surface area contributed by atoms with Crippen molar-refractivity contribution in [1.29, 1.82) is 0 Å². The molecule has 2 unspecified atom stereocenters. The largest absolute Gasteiger partial charge is 0.495 e. The number of halogens is 1. The van der Waals surface area contributed by atoms with Crippen molar-refractivity contribution in [2.24, 2.45) is 0 Å². The zero-order valence-corrected chi connectivity index (χ0v) is 13.0. The number of rotatable bonds is 8. The van der Waals surface area contributed by atoms with E-state index in [9.17, 15) is 0 Å². The molecule has 0 spiro atoms. The van der Waals surface area contributed by atoms with Crippen molar-refractivity contribution < 1.29 is 9.47 Å². The molecule has 1 N–H and O–H groups in total. The number of likely N-dealkylation sites (N-methyl/N-ethyl adjacent to an activating group) is 1. The predicted molar refractivity (Wildman–Crippen MR) is 80.1 cm³/mol. The molecule has 0 aliphatic carbocycles. The number of ether oxygens (including phenoxy) is 2. The van der Waals surface area contributed by atoms with E-state index in [1.807, 2.05) is 32.2 Å². The standard InChI is InChI=1S/C15H24ClNO2/c1-5-7-13(19-6-2)15(17-3)11-8-9-12(16)14(10-11)18-4/h8-10,13,15,17H,5-7H2,1-4H3. The lowest BCUT2D eigenvalue weighted by atomic mass is 9.98. The van der Waals surface area contributed by atoms with E-state index < -0.39 is 0 Å². The highest BCUT2D eigenvalue weighted by Gasteiger charge is 2.22. The second-order valence-corrected chi connectivity index (χ2v) is 4.85. The molecular formula is C15H24ClNO2. The smallest absolute Gasteiger partial charge is 0.137 e. The normalized spacial score (nSPS) is 14.2. The quantitative estimate of drug-likeness (QED) is 0.788. The van der Waals surface area contributed by atoms with Gasteiger partial charge in [-0.3, -0.25) is 0 Å². The predicted octanol–water partition coefficient (Wildman–Crippen LogP) is 3.81. The Balaban J connectivity index is 2.99. The van der Waals surface area contributed by atoms with Gasteiger partial charge in [0.2, 0.25) is 0 Å². The molecule has 1 rings (SSSR count). The zero-order chi connectivity index (χ0) is 14.3. The zero-order valence-electron chi connectivity index (χ0n) is 12.2. The van der Waals surface area contributed by atoms with Gasteiger partial charge in [-0.05, 0) is 38.1 Å². The number of methoxy groups -OCH3 is 1. The molecule has 3 nitrogen and oxygen atoms in total. The highest BCUT2D eigenvalue weighted by molar-refractivity contribution is 6.32. The van der Waals surface area contributed by atoms with Crippen LogP contribution >= 0.6 is 11.6 Å². The monoisotopic (exact) mass is 285 g/mol. The number of hydrogen-bond acceptors (Lipinski definition) is 3. The first kappa shape index (κ1) is 16.3. The van der Waals surface area contributed by atoms with Gasteiger partial charge in [0.25, 0.3) is 0 Å². The topological polar surface area (TPSA) is 30.5 Å². The maximum absolute atomic E-state index is 6.07. The van der Waals surface area contributed by atoms with Gasteiger partial charge in [-0.25, -0.2) is 0 Å². The summed E-state index contributed by atoms with van der Waals surface area (Å²) in [7, 11) is 3.58. The first-order valence-electron chi connectivity index (χ1n) is 6.80. The molecule has 0 saturated heterocycles.